The van der Waals surface area contributed by atoms with Crippen molar-refractivity contribution < 1.29 is 0 Å². The summed E-state index contributed by atoms with van der Waals surface area (Å²) in [5.74, 6) is 0. The number of para-hydroxylation sites is 10. The van der Waals surface area contributed by atoms with Crippen LogP contribution >= 0.6 is 0 Å². The van der Waals surface area contributed by atoms with Crippen LogP contribution in [0.1, 0.15) is 0 Å². The standard InChI is InChI=1S/C78H46B2N6/c1-3-23-47(24-4-1)81-67-41-21-13-33-59(67)79-75-57(43-49(45-69(75)81)83-61-35-15-7-27-51(61)52-28-8-16-36-62(52)83)73-71-56-32-12-20-40-66(56)86-78(71)74(72-55-31-11-19-39-65(55)85(79)77(72)73)58-44-50(84-63-37-17-9-29-53(63)54-30-10-18-38-64(54)84)46-70-76(58)80(86)60-34-14-22-42-68(60)82(70)48-25-5-2-6-26-48/h1-46H. The zero-order valence-corrected chi connectivity index (χ0v) is 46.4. The first kappa shape index (κ1) is 45.3. The first-order valence-corrected chi connectivity index (χ1v) is 30.0. The molecule has 0 bridgehead atoms. The summed E-state index contributed by atoms with van der Waals surface area (Å²) in [7, 11) is 0. The zero-order valence-electron chi connectivity index (χ0n) is 46.4. The fraction of sp³-hybridized carbons (Fsp3) is 0. The molecule has 4 aliphatic rings. The van der Waals surface area contributed by atoms with Gasteiger partial charge >= 0.3 is 13.7 Å². The van der Waals surface area contributed by atoms with Gasteiger partial charge in [-0.25, -0.2) is 0 Å². The molecule has 0 saturated carbocycles. The molecule has 0 amide bonds. The van der Waals surface area contributed by atoms with Gasteiger partial charge in [-0.3, -0.25) is 0 Å². The SMILES string of the molecule is c1ccc(N2c3ccccc3B3c4c(cc(-n5c6ccccc6c6ccccc65)cc42)-c2c4c5ccccc5n5c4c(c4c6ccccc6n3c24)-c2cc(-n3c4ccccc4c4ccccc43)cc3c2B5c2ccccc2N3c2ccccc2)cc1. The molecule has 8 heteroatoms. The van der Waals surface area contributed by atoms with Crippen LogP contribution < -0.4 is 31.7 Å². The number of hydrogen-bond donors (Lipinski definition) is 0. The average molecular weight is 1090 g/mol. The Labute approximate surface area is 494 Å². The van der Waals surface area contributed by atoms with E-state index in [0.29, 0.717) is 0 Å². The van der Waals surface area contributed by atoms with Gasteiger partial charge in [0.15, 0.2) is 0 Å². The normalized spacial score (nSPS) is 13.5. The van der Waals surface area contributed by atoms with Crippen LogP contribution in [0.15, 0.2) is 279 Å². The Kier molecular flexibility index (Phi) is 8.60. The van der Waals surface area contributed by atoms with Gasteiger partial charge in [0.05, 0.1) is 22.1 Å². The summed E-state index contributed by atoms with van der Waals surface area (Å²) < 4.78 is 10.6. The maximum atomic E-state index is 2.77. The van der Waals surface area contributed by atoms with Crippen molar-refractivity contribution in [1.82, 2.24) is 18.1 Å². The number of nitrogens with zero attached hydrogens (tertiary/aromatic N) is 6. The van der Waals surface area contributed by atoms with E-state index in [2.05, 4.69) is 307 Å². The smallest absolute Gasteiger partial charge is 0.333 e. The molecule has 0 saturated heterocycles. The van der Waals surface area contributed by atoms with Crippen LogP contribution in [-0.4, -0.2) is 31.8 Å². The maximum absolute atomic E-state index is 2.77. The molecular weight excluding hydrogens is 1040 g/mol. The molecule has 21 rings (SSSR count). The first-order valence-electron chi connectivity index (χ1n) is 30.0. The summed E-state index contributed by atoms with van der Waals surface area (Å²) in [6.45, 7) is -0.322. The molecule has 0 spiro atoms. The summed E-state index contributed by atoms with van der Waals surface area (Å²) in [5.41, 5.74) is 29.3. The Balaban J connectivity index is 0.998. The number of benzene rings is 13. The van der Waals surface area contributed by atoms with Gasteiger partial charge in [-0.2, -0.15) is 0 Å². The third-order valence-corrected chi connectivity index (χ3v) is 19.8. The van der Waals surface area contributed by atoms with E-state index in [1.807, 2.05) is 0 Å². The summed E-state index contributed by atoms with van der Waals surface area (Å²) >= 11 is 0. The van der Waals surface area contributed by atoms with E-state index in [9.17, 15) is 0 Å². The quantitative estimate of drug-likeness (QED) is 0.164. The number of hydrogen-bond acceptors (Lipinski definition) is 2. The topological polar surface area (TPSA) is 26.2 Å². The lowest BCUT2D eigenvalue weighted by Gasteiger charge is -2.42. The Bertz CT molecular complexity index is 5420. The van der Waals surface area contributed by atoms with Crippen molar-refractivity contribution in [3.63, 3.8) is 0 Å². The van der Waals surface area contributed by atoms with Crippen molar-refractivity contribution in [3.05, 3.63) is 279 Å². The Hall–Kier alpha value is -11.2. The van der Waals surface area contributed by atoms with Crippen molar-refractivity contribution in [2.24, 2.45) is 0 Å². The molecular formula is C78H46B2N6. The predicted molar refractivity (Wildman–Crippen MR) is 362 cm³/mol. The van der Waals surface area contributed by atoms with Gasteiger partial charge in [0.1, 0.15) is 0 Å². The van der Waals surface area contributed by atoms with E-state index in [1.54, 1.807) is 0 Å². The van der Waals surface area contributed by atoms with Crippen LogP contribution in [0.2, 0.25) is 0 Å². The minimum absolute atomic E-state index is 0.161. The molecule has 13 aromatic carbocycles. The fourth-order valence-electron chi connectivity index (χ4n) is 16.7. The zero-order chi connectivity index (χ0) is 55.6. The summed E-state index contributed by atoms with van der Waals surface area (Å²) in [6, 6.07) is 105. The van der Waals surface area contributed by atoms with Crippen molar-refractivity contribution in [2.75, 3.05) is 9.80 Å². The number of anilines is 6. The van der Waals surface area contributed by atoms with Gasteiger partial charge in [0.2, 0.25) is 0 Å². The van der Waals surface area contributed by atoms with Crippen molar-refractivity contribution >= 4 is 157 Å². The van der Waals surface area contributed by atoms with Crippen LogP contribution in [-0.2, 0) is 0 Å². The summed E-state index contributed by atoms with van der Waals surface area (Å²) in [5, 5.41) is 10.1. The third kappa shape index (κ3) is 5.52. The van der Waals surface area contributed by atoms with E-state index in [1.165, 1.54) is 154 Å². The largest absolute Gasteiger partial charge is 0.375 e. The molecule has 394 valence electrons. The lowest BCUT2D eigenvalue weighted by molar-refractivity contribution is 1.17. The molecule has 8 heterocycles. The van der Waals surface area contributed by atoms with Gasteiger partial charge in [0.25, 0.3) is 0 Å². The van der Waals surface area contributed by atoms with Crippen LogP contribution in [0.5, 0.6) is 0 Å². The second-order valence-corrected chi connectivity index (χ2v) is 23.8. The molecule has 0 atom stereocenters. The molecule has 0 aliphatic carbocycles. The van der Waals surface area contributed by atoms with E-state index >= 15 is 0 Å². The van der Waals surface area contributed by atoms with Gasteiger partial charge < -0.3 is 27.9 Å². The van der Waals surface area contributed by atoms with Crippen molar-refractivity contribution in [2.45, 2.75) is 0 Å². The van der Waals surface area contributed by atoms with Crippen LogP contribution in [0.4, 0.5) is 34.1 Å². The number of fused-ring (bicyclic) bond motifs is 22. The van der Waals surface area contributed by atoms with E-state index in [4.69, 9.17) is 0 Å². The lowest BCUT2D eigenvalue weighted by atomic mass is 9.44. The van der Waals surface area contributed by atoms with Gasteiger partial charge in [-0.05, 0) is 130 Å². The minimum atomic E-state index is -0.161. The summed E-state index contributed by atoms with van der Waals surface area (Å²) in [6.07, 6.45) is 0. The van der Waals surface area contributed by atoms with Crippen LogP contribution in [0, 0.1) is 0 Å². The van der Waals surface area contributed by atoms with Crippen molar-refractivity contribution in [1.29, 1.82) is 0 Å². The Morgan fingerprint density at radius 3 is 0.942 bits per heavy atom. The monoisotopic (exact) mass is 1090 g/mol. The predicted octanol–water partition coefficient (Wildman–Crippen LogP) is 16.9. The van der Waals surface area contributed by atoms with E-state index in [-0.39, 0.29) is 13.7 Å². The fourth-order valence-corrected chi connectivity index (χ4v) is 16.7. The van der Waals surface area contributed by atoms with Crippen molar-refractivity contribution in [3.8, 4) is 33.6 Å². The van der Waals surface area contributed by atoms with Crippen LogP contribution in [0.3, 0.4) is 0 Å². The molecule has 4 aromatic heterocycles. The molecule has 0 radical (unpaired) electrons. The highest BCUT2D eigenvalue weighted by atomic mass is 15.2. The molecule has 86 heavy (non-hydrogen) atoms. The van der Waals surface area contributed by atoms with Crippen LogP contribution in [0.25, 0.3) is 121 Å². The molecule has 17 aromatic rings. The highest BCUT2D eigenvalue weighted by Crippen LogP contribution is 2.57. The lowest BCUT2D eigenvalue weighted by Crippen LogP contribution is -2.57. The van der Waals surface area contributed by atoms with E-state index in [0.717, 1.165) is 22.7 Å². The third-order valence-electron chi connectivity index (χ3n) is 19.8. The average Bonchev–Trinajstić information content (AvgIpc) is 1.42. The van der Waals surface area contributed by atoms with Gasteiger partial charge in [-0.15, -0.1) is 0 Å². The minimum Gasteiger partial charge on any atom is -0.375 e. The Morgan fingerprint density at radius 1 is 0.244 bits per heavy atom. The van der Waals surface area contributed by atoms with Gasteiger partial charge in [-0.1, -0.05) is 182 Å². The second kappa shape index (κ2) is 16.3. The van der Waals surface area contributed by atoms with Gasteiger partial charge in [0, 0.05) is 122 Å². The highest BCUT2D eigenvalue weighted by molar-refractivity contribution is 6.92. The molecule has 0 N–H and O–H groups in total. The van der Waals surface area contributed by atoms with E-state index < -0.39 is 0 Å². The Morgan fingerprint density at radius 2 is 0.558 bits per heavy atom. The first-order chi connectivity index (χ1) is 42.8. The number of aromatic nitrogens is 4. The molecule has 4 aliphatic heterocycles. The maximum Gasteiger partial charge on any atom is 0.333 e. The highest BCUT2D eigenvalue weighted by Gasteiger charge is 2.49. The molecule has 0 fully saturated rings. The molecule has 6 nitrogen and oxygen atoms in total. The summed E-state index contributed by atoms with van der Waals surface area (Å²) in [4.78, 5) is 5.11. The number of rotatable bonds is 4. The second-order valence-electron chi connectivity index (χ2n) is 23.8. The molecule has 0 unspecified atom stereocenters.